The SMILES string of the molecule is CCC(CC)N1C[C@]23C=C[C@H](O2)C(C(=O)N(C)Cc2nnc(C)o2)C3C1=O. The van der Waals surface area contributed by atoms with Crippen LogP contribution in [0.25, 0.3) is 0 Å². The number of rotatable bonds is 6. The van der Waals surface area contributed by atoms with Crippen molar-refractivity contribution in [1.29, 1.82) is 0 Å². The number of hydrogen-bond acceptors (Lipinski definition) is 6. The molecule has 1 aromatic rings. The monoisotopic (exact) mass is 374 g/mol. The fourth-order valence-electron chi connectivity index (χ4n) is 4.79. The highest BCUT2D eigenvalue weighted by Gasteiger charge is 2.67. The van der Waals surface area contributed by atoms with Crippen LogP contribution in [0.1, 0.15) is 38.5 Å². The molecule has 4 rings (SSSR count). The molecule has 27 heavy (non-hydrogen) atoms. The summed E-state index contributed by atoms with van der Waals surface area (Å²) in [6.07, 6.45) is 5.38. The van der Waals surface area contributed by atoms with Gasteiger partial charge in [-0.15, -0.1) is 10.2 Å². The molecule has 2 saturated heterocycles. The van der Waals surface area contributed by atoms with Crippen molar-refractivity contribution >= 4 is 11.8 Å². The van der Waals surface area contributed by atoms with Crippen molar-refractivity contribution in [3.05, 3.63) is 23.9 Å². The average Bonchev–Trinajstić information content (AvgIpc) is 3.38. The molecule has 4 heterocycles. The first-order chi connectivity index (χ1) is 12.9. The largest absolute Gasteiger partial charge is 0.424 e. The number of nitrogens with zero attached hydrogens (tertiary/aromatic N) is 4. The number of carbonyl (C=O) groups is 2. The van der Waals surface area contributed by atoms with E-state index in [1.165, 1.54) is 0 Å². The van der Waals surface area contributed by atoms with Gasteiger partial charge in [-0.3, -0.25) is 9.59 Å². The van der Waals surface area contributed by atoms with Crippen LogP contribution in [-0.2, 0) is 20.9 Å². The Morgan fingerprint density at radius 3 is 2.78 bits per heavy atom. The summed E-state index contributed by atoms with van der Waals surface area (Å²) in [5, 5.41) is 7.75. The van der Waals surface area contributed by atoms with Crippen molar-refractivity contribution in [3.8, 4) is 0 Å². The van der Waals surface area contributed by atoms with E-state index in [0.717, 1.165) is 12.8 Å². The zero-order valence-electron chi connectivity index (χ0n) is 16.2. The van der Waals surface area contributed by atoms with Gasteiger partial charge in [0.25, 0.3) is 0 Å². The molecule has 0 radical (unpaired) electrons. The minimum absolute atomic E-state index is 0.0379. The Morgan fingerprint density at radius 2 is 2.15 bits per heavy atom. The van der Waals surface area contributed by atoms with Gasteiger partial charge in [-0.25, -0.2) is 0 Å². The summed E-state index contributed by atoms with van der Waals surface area (Å²) in [4.78, 5) is 29.9. The summed E-state index contributed by atoms with van der Waals surface area (Å²) in [6, 6.07) is 0.184. The first-order valence-corrected chi connectivity index (χ1v) is 9.61. The molecule has 4 atom stereocenters. The molecule has 0 N–H and O–H groups in total. The predicted molar refractivity (Wildman–Crippen MR) is 95.3 cm³/mol. The van der Waals surface area contributed by atoms with Gasteiger partial charge in [-0.2, -0.15) is 0 Å². The van der Waals surface area contributed by atoms with Crippen molar-refractivity contribution in [2.75, 3.05) is 13.6 Å². The van der Waals surface area contributed by atoms with E-state index >= 15 is 0 Å². The number of aryl methyl sites for hydroxylation is 1. The predicted octanol–water partition coefficient (Wildman–Crippen LogP) is 1.31. The van der Waals surface area contributed by atoms with E-state index in [9.17, 15) is 9.59 Å². The van der Waals surface area contributed by atoms with Crippen LogP contribution in [0.5, 0.6) is 0 Å². The molecule has 8 heteroatoms. The van der Waals surface area contributed by atoms with Gasteiger partial charge in [0.15, 0.2) is 0 Å². The maximum Gasteiger partial charge on any atom is 0.235 e. The third-order valence-electron chi connectivity index (χ3n) is 6.11. The molecule has 1 spiro atoms. The molecular formula is C19H26N4O4. The number of hydrogen-bond donors (Lipinski definition) is 0. The molecule has 0 saturated carbocycles. The lowest BCUT2D eigenvalue weighted by Crippen LogP contribution is -2.45. The van der Waals surface area contributed by atoms with Gasteiger partial charge in [-0.1, -0.05) is 26.0 Å². The van der Waals surface area contributed by atoms with E-state index in [1.807, 2.05) is 17.1 Å². The molecule has 2 amide bonds. The van der Waals surface area contributed by atoms with Gasteiger partial charge in [0, 0.05) is 20.0 Å². The molecule has 3 aliphatic heterocycles. The van der Waals surface area contributed by atoms with E-state index < -0.39 is 17.4 Å². The first kappa shape index (κ1) is 18.2. The quantitative estimate of drug-likeness (QED) is 0.698. The van der Waals surface area contributed by atoms with Crippen LogP contribution in [-0.4, -0.2) is 63.2 Å². The van der Waals surface area contributed by atoms with Crippen LogP contribution >= 0.6 is 0 Å². The van der Waals surface area contributed by atoms with E-state index in [-0.39, 0.29) is 30.5 Å². The molecule has 2 unspecified atom stereocenters. The lowest BCUT2D eigenvalue weighted by molar-refractivity contribution is -0.143. The molecule has 2 fully saturated rings. The van der Waals surface area contributed by atoms with Crippen LogP contribution in [0.15, 0.2) is 16.6 Å². The van der Waals surface area contributed by atoms with Crippen molar-refractivity contribution in [2.24, 2.45) is 11.8 Å². The molecular weight excluding hydrogens is 348 g/mol. The highest BCUT2D eigenvalue weighted by atomic mass is 16.5. The number of fused-ring (bicyclic) bond motifs is 1. The zero-order valence-corrected chi connectivity index (χ0v) is 16.2. The second-order valence-corrected chi connectivity index (χ2v) is 7.75. The Labute approximate surface area is 158 Å². The van der Waals surface area contributed by atoms with Gasteiger partial charge >= 0.3 is 0 Å². The van der Waals surface area contributed by atoms with Crippen LogP contribution < -0.4 is 0 Å². The zero-order chi connectivity index (χ0) is 19.3. The first-order valence-electron chi connectivity index (χ1n) is 9.61. The Balaban J connectivity index is 1.56. The molecule has 0 aromatic carbocycles. The summed E-state index contributed by atoms with van der Waals surface area (Å²) in [7, 11) is 1.70. The van der Waals surface area contributed by atoms with Crippen LogP contribution in [0, 0.1) is 18.8 Å². The molecule has 1 aromatic heterocycles. The molecule has 0 aliphatic carbocycles. The minimum atomic E-state index is -0.660. The second-order valence-electron chi connectivity index (χ2n) is 7.75. The fraction of sp³-hybridized carbons (Fsp3) is 0.684. The fourth-order valence-corrected chi connectivity index (χ4v) is 4.79. The lowest BCUT2D eigenvalue weighted by Gasteiger charge is -2.29. The van der Waals surface area contributed by atoms with Gasteiger partial charge < -0.3 is 19.0 Å². The number of carbonyl (C=O) groups excluding carboxylic acids is 2. The minimum Gasteiger partial charge on any atom is -0.424 e. The van der Waals surface area contributed by atoms with E-state index in [4.69, 9.17) is 9.15 Å². The van der Waals surface area contributed by atoms with Crippen molar-refractivity contribution in [3.63, 3.8) is 0 Å². The number of likely N-dealkylation sites (tertiary alicyclic amines) is 1. The Bertz CT molecular complexity index is 786. The lowest BCUT2D eigenvalue weighted by atomic mass is 9.76. The van der Waals surface area contributed by atoms with Crippen molar-refractivity contribution in [1.82, 2.24) is 20.0 Å². The van der Waals surface area contributed by atoms with Gasteiger partial charge in [0.2, 0.25) is 23.6 Å². The maximum atomic E-state index is 13.2. The third kappa shape index (κ3) is 2.69. The smallest absolute Gasteiger partial charge is 0.235 e. The van der Waals surface area contributed by atoms with Crippen molar-refractivity contribution in [2.45, 2.75) is 57.9 Å². The van der Waals surface area contributed by atoms with Crippen molar-refractivity contribution < 1.29 is 18.7 Å². The molecule has 3 aliphatic rings. The summed E-state index contributed by atoms with van der Waals surface area (Å²) in [5.41, 5.74) is -0.660. The normalized spacial score (nSPS) is 31.2. The highest BCUT2D eigenvalue weighted by molar-refractivity contribution is 5.93. The van der Waals surface area contributed by atoms with E-state index in [0.29, 0.717) is 18.3 Å². The van der Waals surface area contributed by atoms with Crippen LogP contribution in [0.3, 0.4) is 0 Å². The Kier molecular flexibility index (Phi) is 4.33. The van der Waals surface area contributed by atoms with E-state index in [2.05, 4.69) is 24.0 Å². The van der Waals surface area contributed by atoms with Gasteiger partial charge in [0.1, 0.15) is 5.60 Å². The van der Waals surface area contributed by atoms with E-state index in [1.54, 1.807) is 18.9 Å². The summed E-state index contributed by atoms with van der Waals surface area (Å²) in [5.74, 6) is -0.192. The number of ether oxygens (including phenoxy) is 1. The number of amides is 2. The van der Waals surface area contributed by atoms with Crippen LogP contribution in [0.2, 0.25) is 0 Å². The molecule has 2 bridgehead atoms. The van der Waals surface area contributed by atoms with Gasteiger partial charge in [0.05, 0.1) is 31.0 Å². The number of aromatic nitrogens is 2. The van der Waals surface area contributed by atoms with Gasteiger partial charge in [-0.05, 0) is 12.8 Å². The Hall–Kier alpha value is -2.22. The Morgan fingerprint density at radius 1 is 1.41 bits per heavy atom. The molecule has 8 nitrogen and oxygen atoms in total. The average molecular weight is 374 g/mol. The maximum absolute atomic E-state index is 13.2. The topological polar surface area (TPSA) is 88.8 Å². The summed E-state index contributed by atoms with van der Waals surface area (Å²) in [6.45, 7) is 6.64. The summed E-state index contributed by atoms with van der Waals surface area (Å²) < 4.78 is 11.6. The summed E-state index contributed by atoms with van der Waals surface area (Å²) >= 11 is 0. The van der Waals surface area contributed by atoms with Crippen LogP contribution in [0.4, 0.5) is 0 Å². The standard InChI is InChI=1S/C19H26N4O4/c1-5-12(6-2)23-10-19-8-7-13(27-19)15(16(19)18(23)25)17(24)22(4)9-14-21-20-11(3)26-14/h7-8,12-13,15-16H,5-6,9-10H2,1-4H3/t13-,15?,16?,19-/m0/s1. The molecule has 146 valence electrons. The highest BCUT2D eigenvalue weighted by Crippen LogP contribution is 2.52. The second kappa shape index (κ2) is 6.44. The third-order valence-corrected chi connectivity index (χ3v) is 6.11.